The minimum absolute atomic E-state index is 0.0880. The Labute approximate surface area is 175 Å². The van der Waals surface area contributed by atoms with Crippen molar-refractivity contribution in [2.75, 3.05) is 26.8 Å². The highest BCUT2D eigenvalue weighted by atomic mass is 35.5. The van der Waals surface area contributed by atoms with Crippen LogP contribution in [0.4, 0.5) is 0 Å². The molecule has 1 aromatic heterocycles. The molecule has 0 radical (unpaired) electrons. The van der Waals surface area contributed by atoms with Crippen LogP contribution in [0.25, 0.3) is 10.9 Å². The number of ether oxygens (including phenoxy) is 2. The Morgan fingerprint density at radius 2 is 1.86 bits per heavy atom. The molecule has 0 unspecified atom stereocenters. The highest BCUT2D eigenvalue weighted by molar-refractivity contribution is 6.30. The maximum atomic E-state index is 13.2. The van der Waals surface area contributed by atoms with Crippen LogP contribution in [-0.2, 0) is 11.3 Å². The lowest BCUT2D eigenvalue weighted by atomic mass is 10.0. The van der Waals surface area contributed by atoms with E-state index in [4.69, 9.17) is 21.1 Å². The quantitative estimate of drug-likeness (QED) is 0.593. The first-order valence-electron chi connectivity index (χ1n) is 9.94. The third-order valence-electron chi connectivity index (χ3n) is 5.43. The molecular weight excluding hydrogens is 388 g/mol. The van der Waals surface area contributed by atoms with Gasteiger partial charge >= 0.3 is 0 Å². The third-order valence-corrected chi connectivity index (χ3v) is 5.68. The first-order valence-corrected chi connectivity index (χ1v) is 10.3. The molecule has 5 nitrogen and oxygen atoms in total. The molecular formula is C23H25ClN2O3. The molecule has 0 N–H and O–H groups in total. The molecule has 2 aromatic carbocycles. The van der Waals surface area contributed by atoms with Gasteiger partial charge in [-0.3, -0.25) is 4.79 Å². The van der Waals surface area contributed by atoms with Crippen LogP contribution < -0.4 is 4.74 Å². The van der Waals surface area contributed by atoms with E-state index in [1.807, 2.05) is 59.6 Å². The number of carbonyl (C=O) groups is 1. The molecule has 6 heteroatoms. The Morgan fingerprint density at radius 1 is 1.10 bits per heavy atom. The van der Waals surface area contributed by atoms with Gasteiger partial charge in [0.05, 0.1) is 6.61 Å². The number of hydrogen-bond donors (Lipinski definition) is 0. The first kappa shape index (κ1) is 19.8. The lowest BCUT2D eigenvalue weighted by Crippen LogP contribution is -2.41. The number of rotatable bonds is 6. The van der Waals surface area contributed by atoms with Crippen molar-refractivity contribution in [3.8, 4) is 5.75 Å². The number of nitrogens with zero attached hydrogens (tertiary/aromatic N) is 2. The van der Waals surface area contributed by atoms with E-state index in [2.05, 4.69) is 4.57 Å². The molecule has 0 spiro atoms. The van der Waals surface area contributed by atoms with Crippen molar-refractivity contribution in [1.82, 2.24) is 9.47 Å². The van der Waals surface area contributed by atoms with Crippen molar-refractivity contribution in [3.63, 3.8) is 0 Å². The minimum Gasteiger partial charge on any atom is -0.490 e. The minimum atomic E-state index is 0.0880. The van der Waals surface area contributed by atoms with Gasteiger partial charge in [-0.1, -0.05) is 17.7 Å². The summed E-state index contributed by atoms with van der Waals surface area (Å²) in [6.45, 7) is 2.80. The summed E-state index contributed by atoms with van der Waals surface area (Å²) in [5, 5.41) is 1.69. The SMILES string of the molecule is COCCn1ccc2c(C(=O)N3CCC(Oc4ccc(Cl)cc4)CC3)cccc21. The summed E-state index contributed by atoms with van der Waals surface area (Å²) in [4.78, 5) is 15.1. The number of fused-ring (bicyclic) bond motifs is 1. The van der Waals surface area contributed by atoms with Crippen LogP contribution in [0.5, 0.6) is 5.75 Å². The van der Waals surface area contributed by atoms with E-state index in [0.717, 1.165) is 41.6 Å². The lowest BCUT2D eigenvalue weighted by molar-refractivity contribution is 0.0597. The number of hydrogen-bond acceptors (Lipinski definition) is 3. The normalized spacial score (nSPS) is 15.0. The van der Waals surface area contributed by atoms with Crippen molar-refractivity contribution in [3.05, 3.63) is 65.3 Å². The second-order valence-corrected chi connectivity index (χ2v) is 7.74. The zero-order valence-corrected chi connectivity index (χ0v) is 17.3. The van der Waals surface area contributed by atoms with E-state index >= 15 is 0 Å². The molecule has 152 valence electrons. The molecule has 0 aliphatic carbocycles. The second kappa shape index (κ2) is 8.89. The molecule has 0 atom stereocenters. The molecule has 1 aliphatic heterocycles. The Morgan fingerprint density at radius 3 is 2.59 bits per heavy atom. The van der Waals surface area contributed by atoms with E-state index < -0.39 is 0 Å². The van der Waals surface area contributed by atoms with Gasteiger partial charge in [0.2, 0.25) is 0 Å². The number of benzene rings is 2. The molecule has 2 heterocycles. The zero-order valence-electron chi connectivity index (χ0n) is 16.5. The van der Waals surface area contributed by atoms with Crippen LogP contribution in [0.15, 0.2) is 54.7 Å². The third kappa shape index (κ3) is 4.41. The second-order valence-electron chi connectivity index (χ2n) is 7.30. The summed E-state index contributed by atoms with van der Waals surface area (Å²) < 4.78 is 13.4. The van der Waals surface area contributed by atoms with Crippen molar-refractivity contribution >= 4 is 28.4 Å². The zero-order chi connectivity index (χ0) is 20.2. The largest absolute Gasteiger partial charge is 0.490 e. The Bertz CT molecular complexity index is 975. The van der Waals surface area contributed by atoms with Crippen LogP contribution in [0.1, 0.15) is 23.2 Å². The number of likely N-dealkylation sites (tertiary alicyclic amines) is 1. The van der Waals surface area contributed by atoms with Gasteiger partial charge in [0, 0.05) is 67.3 Å². The smallest absolute Gasteiger partial charge is 0.254 e. The van der Waals surface area contributed by atoms with Gasteiger partial charge in [0.15, 0.2) is 0 Å². The van der Waals surface area contributed by atoms with Crippen LogP contribution in [0.3, 0.4) is 0 Å². The molecule has 0 bridgehead atoms. The predicted octanol–water partition coefficient (Wildman–Crippen LogP) is 4.62. The predicted molar refractivity (Wildman–Crippen MR) is 115 cm³/mol. The van der Waals surface area contributed by atoms with Crippen LogP contribution in [-0.4, -0.2) is 48.3 Å². The number of carbonyl (C=O) groups excluding carboxylic acids is 1. The molecule has 1 saturated heterocycles. The van der Waals surface area contributed by atoms with E-state index in [-0.39, 0.29) is 12.0 Å². The molecule has 1 amide bonds. The average Bonchev–Trinajstić information content (AvgIpc) is 3.17. The number of piperidine rings is 1. The highest BCUT2D eigenvalue weighted by Crippen LogP contribution is 2.25. The van der Waals surface area contributed by atoms with Crippen molar-refractivity contribution in [2.45, 2.75) is 25.5 Å². The van der Waals surface area contributed by atoms with Gasteiger partial charge in [-0.2, -0.15) is 0 Å². The van der Waals surface area contributed by atoms with Gasteiger partial charge < -0.3 is 18.9 Å². The van der Waals surface area contributed by atoms with Crippen LogP contribution in [0.2, 0.25) is 5.02 Å². The van der Waals surface area contributed by atoms with E-state index in [9.17, 15) is 4.79 Å². The van der Waals surface area contributed by atoms with Crippen molar-refractivity contribution in [1.29, 1.82) is 0 Å². The highest BCUT2D eigenvalue weighted by Gasteiger charge is 2.26. The summed E-state index contributed by atoms with van der Waals surface area (Å²) in [6, 6.07) is 15.4. The maximum absolute atomic E-state index is 13.2. The molecule has 1 fully saturated rings. The monoisotopic (exact) mass is 412 g/mol. The Hall–Kier alpha value is -2.50. The number of halogens is 1. The summed E-state index contributed by atoms with van der Waals surface area (Å²) in [5.74, 6) is 0.909. The Kier molecular flexibility index (Phi) is 6.07. The van der Waals surface area contributed by atoms with Crippen LogP contribution >= 0.6 is 11.6 Å². The van der Waals surface area contributed by atoms with Gasteiger partial charge in [-0.15, -0.1) is 0 Å². The standard InChI is InChI=1S/C23H25ClN2O3/c1-28-16-15-25-14-11-20-21(3-2-4-22(20)25)23(27)26-12-9-19(10-13-26)29-18-7-5-17(24)6-8-18/h2-8,11,14,19H,9-10,12-13,15-16H2,1H3. The number of aromatic nitrogens is 1. The van der Waals surface area contributed by atoms with Gasteiger partial charge in [-0.05, 0) is 42.5 Å². The van der Waals surface area contributed by atoms with E-state index in [1.54, 1.807) is 7.11 Å². The summed E-state index contributed by atoms with van der Waals surface area (Å²) >= 11 is 5.93. The lowest BCUT2D eigenvalue weighted by Gasteiger charge is -2.32. The van der Waals surface area contributed by atoms with Gasteiger partial charge in [0.1, 0.15) is 11.9 Å². The first-order chi connectivity index (χ1) is 14.2. The van der Waals surface area contributed by atoms with Crippen molar-refractivity contribution in [2.24, 2.45) is 0 Å². The topological polar surface area (TPSA) is 43.7 Å². The maximum Gasteiger partial charge on any atom is 0.254 e. The van der Waals surface area contributed by atoms with Crippen LogP contribution in [0, 0.1) is 0 Å². The summed E-state index contributed by atoms with van der Waals surface area (Å²) in [6.07, 6.45) is 3.77. The fourth-order valence-electron chi connectivity index (χ4n) is 3.85. The van der Waals surface area contributed by atoms with Gasteiger partial charge in [-0.25, -0.2) is 0 Å². The summed E-state index contributed by atoms with van der Waals surface area (Å²) in [5.41, 5.74) is 1.82. The van der Waals surface area contributed by atoms with E-state index in [0.29, 0.717) is 24.7 Å². The molecule has 3 aromatic rings. The molecule has 4 rings (SSSR count). The van der Waals surface area contributed by atoms with Gasteiger partial charge in [0.25, 0.3) is 5.91 Å². The Balaban J connectivity index is 1.42. The van der Waals surface area contributed by atoms with E-state index in [1.165, 1.54) is 0 Å². The number of methoxy groups -OCH3 is 1. The number of amides is 1. The van der Waals surface area contributed by atoms with Crippen molar-refractivity contribution < 1.29 is 14.3 Å². The molecule has 29 heavy (non-hydrogen) atoms. The fourth-order valence-corrected chi connectivity index (χ4v) is 3.97. The fraction of sp³-hybridized carbons (Fsp3) is 0.348. The molecule has 1 aliphatic rings. The molecule has 0 saturated carbocycles. The average molecular weight is 413 g/mol. The summed E-state index contributed by atoms with van der Waals surface area (Å²) in [7, 11) is 1.70.